The number of rotatable bonds is 2. The van der Waals surface area contributed by atoms with Gasteiger partial charge < -0.3 is 14.8 Å². The van der Waals surface area contributed by atoms with E-state index in [-0.39, 0.29) is 12.6 Å². The van der Waals surface area contributed by atoms with E-state index in [1.807, 2.05) is 0 Å². The Hall–Kier alpha value is -2.77. The van der Waals surface area contributed by atoms with Crippen molar-refractivity contribution in [3.63, 3.8) is 0 Å². The van der Waals surface area contributed by atoms with Crippen molar-refractivity contribution in [1.29, 1.82) is 0 Å². The van der Waals surface area contributed by atoms with E-state index in [4.69, 9.17) is 9.47 Å². The molecule has 0 bridgehead atoms. The number of benzene rings is 1. The quantitative estimate of drug-likeness (QED) is 0.697. The molecule has 0 spiro atoms. The number of hydrogen-bond acceptors (Lipinski definition) is 5. The molecule has 2 aromatic rings. The fraction of sp³-hybridized carbons (Fsp3) is 0.100. The Labute approximate surface area is 99.9 Å². The van der Waals surface area contributed by atoms with Gasteiger partial charge in [-0.2, -0.15) is 0 Å². The average molecular weight is 248 g/mol. The van der Waals surface area contributed by atoms with Gasteiger partial charge in [-0.15, -0.1) is 5.10 Å². The Kier molecular flexibility index (Phi) is 2.26. The molecule has 2 heterocycles. The standard InChI is InChI=1S/C10H8N4O4/c15-9(8-12-10(16)14-13-8)11-5-1-2-6-7(3-5)18-4-17-6/h1-3H,4H2,(H,11,15)(H2,12,13,14,16). The second kappa shape index (κ2) is 3.91. The molecule has 1 aliphatic rings. The lowest BCUT2D eigenvalue weighted by atomic mass is 10.3. The molecule has 8 heteroatoms. The maximum absolute atomic E-state index is 11.7. The van der Waals surface area contributed by atoms with Crippen LogP contribution in [0, 0.1) is 0 Å². The largest absolute Gasteiger partial charge is 0.454 e. The number of nitrogens with one attached hydrogen (secondary N) is 3. The molecular weight excluding hydrogens is 240 g/mol. The smallest absolute Gasteiger partial charge is 0.341 e. The van der Waals surface area contributed by atoms with Gasteiger partial charge in [0.1, 0.15) is 0 Å². The molecule has 0 atom stereocenters. The molecule has 1 aromatic carbocycles. The normalized spacial score (nSPS) is 12.4. The monoisotopic (exact) mass is 248 g/mol. The molecule has 3 N–H and O–H groups in total. The third-order valence-corrected chi connectivity index (χ3v) is 2.35. The molecule has 8 nitrogen and oxygen atoms in total. The van der Waals surface area contributed by atoms with E-state index in [1.165, 1.54) is 0 Å². The van der Waals surface area contributed by atoms with Gasteiger partial charge >= 0.3 is 5.69 Å². The zero-order chi connectivity index (χ0) is 12.5. The van der Waals surface area contributed by atoms with Crippen LogP contribution in [0.15, 0.2) is 23.0 Å². The first-order valence-electron chi connectivity index (χ1n) is 5.08. The Balaban J connectivity index is 1.80. The summed E-state index contributed by atoms with van der Waals surface area (Å²) in [4.78, 5) is 24.8. The van der Waals surface area contributed by atoms with Crippen LogP contribution in [0.4, 0.5) is 5.69 Å². The highest BCUT2D eigenvalue weighted by atomic mass is 16.7. The summed E-state index contributed by atoms with van der Waals surface area (Å²) in [5, 5.41) is 8.21. The number of ether oxygens (including phenoxy) is 2. The van der Waals surface area contributed by atoms with E-state index in [1.54, 1.807) is 18.2 Å². The summed E-state index contributed by atoms with van der Waals surface area (Å²) in [6, 6.07) is 4.98. The second-order valence-electron chi connectivity index (χ2n) is 3.55. The number of aromatic nitrogens is 3. The van der Waals surface area contributed by atoms with Crippen molar-refractivity contribution in [3.05, 3.63) is 34.5 Å². The number of fused-ring (bicyclic) bond motifs is 1. The van der Waals surface area contributed by atoms with Crippen LogP contribution in [0.5, 0.6) is 11.5 Å². The first kappa shape index (κ1) is 10.4. The molecule has 0 saturated carbocycles. The van der Waals surface area contributed by atoms with Crippen LogP contribution in [0.2, 0.25) is 0 Å². The van der Waals surface area contributed by atoms with Crippen LogP contribution in [0.25, 0.3) is 0 Å². The molecule has 3 rings (SSSR count). The topological polar surface area (TPSA) is 109 Å². The first-order chi connectivity index (χ1) is 8.72. The Morgan fingerprint density at radius 2 is 2.17 bits per heavy atom. The molecule has 0 saturated heterocycles. The summed E-state index contributed by atoms with van der Waals surface area (Å²) in [6.45, 7) is 0.166. The Bertz CT molecular complexity index is 660. The molecule has 1 amide bonds. The lowest BCUT2D eigenvalue weighted by Gasteiger charge is -2.03. The molecule has 1 aliphatic heterocycles. The zero-order valence-corrected chi connectivity index (χ0v) is 9.02. The van der Waals surface area contributed by atoms with Crippen LogP contribution < -0.4 is 20.5 Å². The van der Waals surface area contributed by atoms with Crippen molar-refractivity contribution in [3.8, 4) is 11.5 Å². The SMILES string of the molecule is O=C(Nc1ccc2c(c1)OCO2)c1n[nH]c(=O)[nH]1. The number of aromatic amines is 2. The van der Waals surface area contributed by atoms with Crippen LogP contribution in [0.3, 0.4) is 0 Å². The lowest BCUT2D eigenvalue weighted by molar-refractivity contribution is 0.101. The number of carbonyl (C=O) groups is 1. The van der Waals surface area contributed by atoms with Gasteiger partial charge in [0.15, 0.2) is 11.5 Å². The van der Waals surface area contributed by atoms with Crippen molar-refractivity contribution in [2.45, 2.75) is 0 Å². The number of nitrogens with zero attached hydrogens (tertiary/aromatic N) is 1. The number of carbonyl (C=O) groups excluding carboxylic acids is 1. The van der Waals surface area contributed by atoms with Crippen molar-refractivity contribution in [1.82, 2.24) is 15.2 Å². The number of anilines is 1. The summed E-state index contributed by atoms with van der Waals surface area (Å²) in [5.41, 5.74) is -0.0149. The van der Waals surface area contributed by atoms with E-state index in [0.717, 1.165) is 0 Å². The summed E-state index contributed by atoms with van der Waals surface area (Å²) in [5.74, 6) is 0.578. The van der Waals surface area contributed by atoms with E-state index in [9.17, 15) is 9.59 Å². The number of hydrogen-bond donors (Lipinski definition) is 3. The minimum absolute atomic E-state index is 0.0855. The van der Waals surface area contributed by atoms with E-state index < -0.39 is 11.6 Å². The molecule has 92 valence electrons. The maximum atomic E-state index is 11.7. The van der Waals surface area contributed by atoms with Crippen molar-refractivity contribution in [2.75, 3.05) is 12.1 Å². The van der Waals surface area contributed by atoms with Gasteiger partial charge in [0, 0.05) is 11.8 Å². The van der Waals surface area contributed by atoms with Crippen molar-refractivity contribution in [2.24, 2.45) is 0 Å². The second-order valence-corrected chi connectivity index (χ2v) is 3.55. The summed E-state index contributed by atoms with van der Waals surface area (Å²) >= 11 is 0. The molecular formula is C10H8N4O4. The molecule has 1 aromatic heterocycles. The van der Waals surface area contributed by atoms with Crippen LogP contribution in [0.1, 0.15) is 10.6 Å². The molecule has 18 heavy (non-hydrogen) atoms. The van der Waals surface area contributed by atoms with Crippen LogP contribution >= 0.6 is 0 Å². The molecule has 0 unspecified atom stereocenters. The van der Waals surface area contributed by atoms with E-state index in [0.29, 0.717) is 17.2 Å². The summed E-state index contributed by atoms with van der Waals surface area (Å²) < 4.78 is 10.3. The molecule has 0 fully saturated rings. The van der Waals surface area contributed by atoms with Crippen LogP contribution in [-0.2, 0) is 0 Å². The highest BCUT2D eigenvalue weighted by Crippen LogP contribution is 2.34. The van der Waals surface area contributed by atoms with Crippen LogP contribution in [-0.4, -0.2) is 27.9 Å². The highest BCUT2D eigenvalue weighted by molar-refractivity contribution is 6.01. The van der Waals surface area contributed by atoms with Gasteiger partial charge in [-0.25, -0.2) is 9.89 Å². The minimum atomic E-state index is -0.536. The highest BCUT2D eigenvalue weighted by Gasteiger charge is 2.15. The van der Waals surface area contributed by atoms with E-state index >= 15 is 0 Å². The minimum Gasteiger partial charge on any atom is -0.454 e. The average Bonchev–Trinajstić information content (AvgIpc) is 2.96. The van der Waals surface area contributed by atoms with E-state index in [2.05, 4.69) is 20.5 Å². The summed E-state index contributed by atoms with van der Waals surface area (Å²) in [6.07, 6.45) is 0. The Morgan fingerprint density at radius 3 is 2.94 bits per heavy atom. The summed E-state index contributed by atoms with van der Waals surface area (Å²) in [7, 11) is 0. The molecule has 0 aliphatic carbocycles. The maximum Gasteiger partial charge on any atom is 0.341 e. The van der Waals surface area contributed by atoms with Gasteiger partial charge in [-0.05, 0) is 12.1 Å². The van der Waals surface area contributed by atoms with Gasteiger partial charge in [-0.3, -0.25) is 9.78 Å². The third-order valence-electron chi connectivity index (χ3n) is 2.35. The fourth-order valence-corrected chi connectivity index (χ4v) is 1.54. The van der Waals surface area contributed by atoms with Gasteiger partial charge in [0.05, 0.1) is 0 Å². The first-order valence-corrected chi connectivity index (χ1v) is 5.08. The lowest BCUT2D eigenvalue weighted by Crippen LogP contribution is -2.14. The Morgan fingerprint density at radius 1 is 1.33 bits per heavy atom. The fourth-order valence-electron chi connectivity index (χ4n) is 1.54. The third kappa shape index (κ3) is 1.79. The zero-order valence-electron chi connectivity index (χ0n) is 9.02. The molecule has 0 radical (unpaired) electrons. The predicted octanol–water partition coefficient (Wildman–Crippen LogP) is 0.0790. The van der Waals surface area contributed by atoms with Gasteiger partial charge in [-0.1, -0.05) is 0 Å². The van der Waals surface area contributed by atoms with Gasteiger partial charge in [0.2, 0.25) is 12.6 Å². The number of H-pyrrole nitrogens is 2. The predicted molar refractivity (Wildman–Crippen MR) is 59.7 cm³/mol. The number of amides is 1. The van der Waals surface area contributed by atoms with Crippen molar-refractivity contribution < 1.29 is 14.3 Å². The van der Waals surface area contributed by atoms with Crippen molar-refractivity contribution >= 4 is 11.6 Å². The van der Waals surface area contributed by atoms with Gasteiger partial charge in [0.25, 0.3) is 5.91 Å².